The molecule has 1 aromatic carbocycles. The van der Waals surface area contributed by atoms with Crippen LogP contribution in [0.4, 0.5) is 4.39 Å². The van der Waals surface area contributed by atoms with Crippen molar-refractivity contribution in [2.75, 3.05) is 0 Å². The number of benzene rings is 1. The molecule has 1 rings (SSSR count). The van der Waals surface area contributed by atoms with Gasteiger partial charge in [0, 0.05) is 6.07 Å². The maximum absolute atomic E-state index is 12.7. The average molecular weight is 189 g/mol. The Hall–Kier alpha value is -1.09. The van der Waals surface area contributed by atoms with Gasteiger partial charge < -0.3 is 5.11 Å². The van der Waals surface area contributed by atoms with Crippen LogP contribution in [-0.2, 0) is 0 Å². The molecule has 0 saturated carbocycles. The van der Waals surface area contributed by atoms with E-state index in [0.29, 0.717) is 0 Å². The third-order valence-electron chi connectivity index (χ3n) is 1.42. The summed E-state index contributed by atoms with van der Waals surface area (Å²) in [6.45, 7) is 1.24. The van der Waals surface area contributed by atoms with E-state index in [2.05, 4.69) is 0 Å². The predicted octanol–water partition coefficient (Wildman–Crippen LogP) is 2.39. The summed E-state index contributed by atoms with van der Waals surface area (Å²) in [5.74, 6) is -1.41. The first-order valence-electron chi connectivity index (χ1n) is 3.21. The molecule has 0 atom stereocenters. The van der Waals surface area contributed by atoms with Crippen LogP contribution in [0.25, 0.3) is 0 Å². The fraction of sp³-hybridized carbons (Fsp3) is 0.125. The molecular formula is C8H6ClFO2. The lowest BCUT2D eigenvalue weighted by molar-refractivity contribution is 0.101. The van der Waals surface area contributed by atoms with Crippen LogP contribution in [-0.4, -0.2) is 10.9 Å². The summed E-state index contributed by atoms with van der Waals surface area (Å²) in [5, 5.41) is 8.92. The first kappa shape index (κ1) is 9.00. The second kappa shape index (κ2) is 3.11. The molecule has 0 aliphatic rings. The van der Waals surface area contributed by atoms with Crippen LogP contribution < -0.4 is 0 Å². The molecular weight excluding hydrogens is 183 g/mol. The molecule has 0 amide bonds. The molecule has 12 heavy (non-hydrogen) atoms. The Morgan fingerprint density at radius 3 is 2.67 bits per heavy atom. The van der Waals surface area contributed by atoms with Gasteiger partial charge >= 0.3 is 0 Å². The number of rotatable bonds is 1. The fourth-order valence-corrected chi connectivity index (χ4v) is 0.976. The summed E-state index contributed by atoms with van der Waals surface area (Å²) in [7, 11) is 0. The summed E-state index contributed by atoms with van der Waals surface area (Å²) in [6.07, 6.45) is 0. The van der Waals surface area contributed by atoms with E-state index in [4.69, 9.17) is 16.7 Å². The topological polar surface area (TPSA) is 37.3 Å². The Kier molecular flexibility index (Phi) is 2.33. The van der Waals surface area contributed by atoms with Gasteiger partial charge in [0.2, 0.25) is 0 Å². The molecule has 4 heteroatoms. The maximum atomic E-state index is 12.7. The van der Waals surface area contributed by atoms with Gasteiger partial charge in [-0.1, -0.05) is 11.6 Å². The largest absolute Gasteiger partial charge is 0.507 e. The first-order valence-corrected chi connectivity index (χ1v) is 3.59. The Morgan fingerprint density at radius 1 is 1.58 bits per heavy atom. The lowest BCUT2D eigenvalue weighted by Gasteiger charge is -2.01. The molecule has 0 saturated heterocycles. The fourth-order valence-electron chi connectivity index (χ4n) is 0.818. The van der Waals surface area contributed by atoms with Crippen molar-refractivity contribution in [3.05, 3.63) is 28.5 Å². The van der Waals surface area contributed by atoms with Crippen LogP contribution in [0.2, 0.25) is 5.02 Å². The van der Waals surface area contributed by atoms with Crippen LogP contribution in [0.5, 0.6) is 5.75 Å². The molecule has 1 aromatic rings. The highest BCUT2D eigenvalue weighted by Crippen LogP contribution is 2.25. The number of hydrogen-bond acceptors (Lipinski definition) is 2. The highest BCUT2D eigenvalue weighted by atomic mass is 35.5. The summed E-state index contributed by atoms with van der Waals surface area (Å²) < 4.78 is 12.7. The highest BCUT2D eigenvalue weighted by Gasteiger charge is 2.10. The van der Waals surface area contributed by atoms with E-state index < -0.39 is 11.6 Å². The van der Waals surface area contributed by atoms with Crippen LogP contribution in [0.15, 0.2) is 12.1 Å². The Balaban J connectivity index is 3.33. The lowest BCUT2D eigenvalue weighted by Crippen LogP contribution is -1.94. The molecule has 64 valence electrons. The summed E-state index contributed by atoms with van der Waals surface area (Å²) in [6, 6.07) is 1.92. The Morgan fingerprint density at radius 2 is 2.17 bits per heavy atom. The van der Waals surface area contributed by atoms with Crippen LogP contribution >= 0.6 is 11.6 Å². The van der Waals surface area contributed by atoms with Crippen molar-refractivity contribution in [1.29, 1.82) is 0 Å². The molecule has 0 aromatic heterocycles. The van der Waals surface area contributed by atoms with Crippen molar-refractivity contribution in [1.82, 2.24) is 0 Å². The van der Waals surface area contributed by atoms with Gasteiger partial charge in [0.25, 0.3) is 0 Å². The maximum Gasteiger partial charge on any atom is 0.163 e. The van der Waals surface area contributed by atoms with Crippen molar-refractivity contribution in [3.63, 3.8) is 0 Å². The number of phenolic OH excluding ortho intramolecular Hbond substituents is 1. The minimum atomic E-state index is -0.709. The van der Waals surface area contributed by atoms with E-state index in [9.17, 15) is 9.18 Å². The van der Waals surface area contributed by atoms with E-state index in [1.807, 2.05) is 0 Å². The normalized spacial score (nSPS) is 9.92. The van der Waals surface area contributed by atoms with Crippen molar-refractivity contribution < 1.29 is 14.3 Å². The van der Waals surface area contributed by atoms with Crippen molar-refractivity contribution >= 4 is 17.4 Å². The zero-order valence-corrected chi connectivity index (χ0v) is 7.02. The van der Waals surface area contributed by atoms with E-state index in [1.165, 1.54) is 6.92 Å². The first-order chi connectivity index (χ1) is 5.52. The smallest absolute Gasteiger partial charge is 0.163 e. The molecule has 0 spiro atoms. The zero-order chi connectivity index (χ0) is 9.30. The number of ketones is 1. The Labute approximate surface area is 73.6 Å². The van der Waals surface area contributed by atoms with Crippen molar-refractivity contribution in [2.45, 2.75) is 6.92 Å². The van der Waals surface area contributed by atoms with Gasteiger partial charge in [-0.3, -0.25) is 4.79 Å². The van der Waals surface area contributed by atoms with Gasteiger partial charge in [0.1, 0.15) is 11.6 Å². The van der Waals surface area contributed by atoms with Crippen LogP contribution in [0.3, 0.4) is 0 Å². The number of carbonyl (C=O) groups is 1. The van der Waals surface area contributed by atoms with Crippen LogP contribution in [0, 0.1) is 5.82 Å². The average Bonchev–Trinajstić information content (AvgIpc) is 1.96. The molecule has 0 unspecified atom stereocenters. The zero-order valence-electron chi connectivity index (χ0n) is 6.27. The number of Topliss-reactive ketones (excluding diaryl/α,β-unsaturated/α-hetero) is 1. The van der Waals surface area contributed by atoms with Crippen molar-refractivity contribution in [2.24, 2.45) is 0 Å². The SMILES string of the molecule is CC(=O)c1cc(F)c(Cl)cc1O. The van der Waals surface area contributed by atoms with E-state index >= 15 is 0 Å². The molecule has 0 aliphatic heterocycles. The summed E-state index contributed by atoms with van der Waals surface area (Å²) in [4.78, 5) is 10.8. The standard InChI is InChI=1S/C8H6ClFO2/c1-4(11)5-2-7(10)6(9)3-8(5)12/h2-3,12H,1H3. The van der Waals surface area contributed by atoms with Gasteiger partial charge in [-0.25, -0.2) is 4.39 Å². The molecule has 1 N–H and O–H groups in total. The number of halogens is 2. The lowest BCUT2D eigenvalue weighted by atomic mass is 10.1. The molecule has 2 nitrogen and oxygen atoms in total. The quantitative estimate of drug-likeness (QED) is 0.687. The second-order valence-corrected chi connectivity index (χ2v) is 2.75. The van der Waals surface area contributed by atoms with Crippen LogP contribution in [0.1, 0.15) is 17.3 Å². The number of aromatic hydroxyl groups is 1. The third kappa shape index (κ3) is 1.56. The van der Waals surface area contributed by atoms with Gasteiger partial charge in [-0.2, -0.15) is 0 Å². The molecule has 0 aliphatic carbocycles. The predicted molar refractivity (Wildman–Crippen MR) is 43.1 cm³/mol. The van der Waals surface area contributed by atoms with Gasteiger partial charge in [0.15, 0.2) is 5.78 Å². The third-order valence-corrected chi connectivity index (χ3v) is 1.71. The molecule has 0 radical (unpaired) electrons. The molecule has 0 fully saturated rings. The van der Waals surface area contributed by atoms with Gasteiger partial charge in [-0.05, 0) is 13.0 Å². The monoisotopic (exact) mass is 188 g/mol. The number of hydrogen-bond donors (Lipinski definition) is 1. The van der Waals surface area contributed by atoms with Crippen molar-refractivity contribution in [3.8, 4) is 5.75 Å². The molecule has 0 bridgehead atoms. The summed E-state index contributed by atoms with van der Waals surface area (Å²) >= 11 is 5.34. The van der Waals surface area contributed by atoms with Gasteiger partial charge in [0.05, 0.1) is 10.6 Å². The number of carbonyl (C=O) groups excluding carboxylic acids is 1. The minimum Gasteiger partial charge on any atom is -0.507 e. The number of phenols is 1. The molecule has 0 heterocycles. The highest BCUT2D eigenvalue weighted by molar-refractivity contribution is 6.31. The Bertz CT molecular complexity index is 336. The van der Waals surface area contributed by atoms with E-state index in [-0.39, 0.29) is 16.3 Å². The van der Waals surface area contributed by atoms with E-state index in [0.717, 1.165) is 12.1 Å². The summed E-state index contributed by atoms with van der Waals surface area (Å²) in [5.41, 5.74) is -0.0584. The second-order valence-electron chi connectivity index (χ2n) is 2.34. The van der Waals surface area contributed by atoms with E-state index in [1.54, 1.807) is 0 Å². The van der Waals surface area contributed by atoms with Gasteiger partial charge in [-0.15, -0.1) is 0 Å². The minimum absolute atomic E-state index is 0.0584.